The molecule has 0 aliphatic heterocycles. The van der Waals surface area contributed by atoms with Gasteiger partial charge in [0.15, 0.2) is 11.3 Å². The SMILES string of the molecule is CCc1cc(CC)n2nc(C(=O)O)cc2n1. The first-order valence-corrected chi connectivity index (χ1v) is 5.27. The van der Waals surface area contributed by atoms with Crippen molar-refractivity contribution in [2.75, 3.05) is 0 Å². The van der Waals surface area contributed by atoms with Crippen LogP contribution >= 0.6 is 0 Å². The molecule has 16 heavy (non-hydrogen) atoms. The number of aromatic carboxylic acids is 1. The summed E-state index contributed by atoms with van der Waals surface area (Å²) in [7, 11) is 0. The lowest BCUT2D eigenvalue weighted by Crippen LogP contribution is -2.03. The van der Waals surface area contributed by atoms with E-state index in [-0.39, 0.29) is 5.69 Å². The molecule has 0 aromatic carbocycles. The van der Waals surface area contributed by atoms with Crippen LogP contribution in [0.5, 0.6) is 0 Å². The van der Waals surface area contributed by atoms with E-state index in [4.69, 9.17) is 5.11 Å². The molecule has 84 valence electrons. The van der Waals surface area contributed by atoms with Crippen molar-refractivity contribution in [2.24, 2.45) is 0 Å². The second-order valence-electron chi connectivity index (χ2n) is 3.55. The maximum atomic E-state index is 10.8. The fourth-order valence-corrected chi connectivity index (χ4v) is 1.63. The highest BCUT2D eigenvalue weighted by molar-refractivity contribution is 5.86. The highest BCUT2D eigenvalue weighted by Crippen LogP contribution is 2.11. The van der Waals surface area contributed by atoms with Gasteiger partial charge < -0.3 is 5.11 Å². The molecule has 2 rings (SSSR count). The topological polar surface area (TPSA) is 67.5 Å². The Bertz CT molecular complexity index is 545. The van der Waals surface area contributed by atoms with Crippen molar-refractivity contribution in [3.8, 4) is 0 Å². The van der Waals surface area contributed by atoms with Crippen LogP contribution in [0.2, 0.25) is 0 Å². The summed E-state index contributed by atoms with van der Waals surface area (Å²) >= 11 is 0. The first-order valence-electron chi connectivity index (χ1n) is 5.27. The monoisotopic (exact) mass is 219 g/mol. The number of hydrogen-bond acceptors (Lipinski definition) is 3. The molecular weight excluding hydrogens is 206 g/mol. The molecular formula is C11H13N3O2. The van der Waals surface area contributed by atoms with Crippen molar-refractivity contribution in [2.45, 2.75) is 26.7 Å². The van der Waals surface area contributed by atoms with Gasteiger partial charge in [0.05, 0.1) is 0 Å². The summed E-state index contributed by atoms with van der Waals surface area (Å²) in [5.41, 5.74) is 2.58. The van der Waals surface area contributed by atoms with Gasteiger partial charge in [-0.25, -0.2) is 14.3 Å². The molecule has 0 unspecified atom stereocenters. The smallest absolute Gasteiger partial charge is 0.356 e. The van der Waals surface area contributed by atoms with Crippen molar-refractivity contribution >= 4 is 11.6 Å². The molecule has 0 radical (unpaired) electrons. The Morgan fingerprint density at radius 1 is 1.38 bits per heavy atom. The largest absolute Gasteiger partial charge is 0.476 e. The van der Waals surface area contributed by atoms with E-state index < -0.39 is 5.97 Å². The third kappa shape index (κ3) is 1.64. The van der Waals surface area contributed by atoms with Crippen LogP contribution in [0, 0.1) is 0 Å². The zero-order valence-corrected chi connectivity index (χ0v) is 9.27. The number of hydrogen-bond donors (Lipinski definition) is 1. The predicted octanol–water partition coefficient (Wildman–Crippen LogP) is 1.55. The van der Waals surface area contributed by atoms with Crippen LogP contribution in [0.25, 0.3) is 5.65 Å². The Kier molecular flexibility index (Phi) is 2.60. The van der Waals surface area contributed by atoms with Gasteiger partial charge in [0.25, 0.3) is 0 Å². The van der Waals surface area contributed by atoms with Crippen molar-refractivity contribution in [3.63, 3.8) is 0 Å². The average Bonchev–Trinajstić information content (AvgIpc) is 2.71. The van der Waals surface area contributed by atoms with Crippen LogP contribution in [0.4, 0.5) is 0 Å². The molecule has 5 nitrogen and oxygen atoms in total. The minimum absolute atomic E-state index is 0.0375. The summed E-state index contributed by atoms with van der Waals surface area (Å²) in [6.45, 7) is 4.03. The zero-order chi connectivity index (χ0) is 11.7. The van der Waals surface area contributed by atoms with Crippen LogP contribution in [0.3, 0.4) is 0 Å². The quantitative estimate of drug-likeness (QED) is 0.850. The molecule has 0 amide bonds. The second-order valence-corrected chi connectivity index (χ2v) is 3.55. The molecule has 0 saturated heterocycles. The van der Waals surface area contributed by atoms with Crippen molar-refractivity contribution in [3.05, 3.63) is 29.2 Å². The normalized spacial score (nSPS) is 10.9. The maximum Gasteiger partial charge on any atom is 0.356 e. The molecule has 0 spiro atoms. The molecule has 2 aromatic rings. The minimum atomic E-state index is -1.02. The fraction of sp³-hybridized carbons (Fsp3) is 0.364. The van der Waals surface area contributed by atoms with Crippen molar-refractivity contribution < 1.29 is 9.90 Å². The second kappa shape index (κ2) is 3.92. The number of aromatic nitrogens is 3. The van der Waals surface area contributed by atoms with E-state index in [0.717, 1.165) is 24.2 Å². The average molecular weight is 219 g/mol. The first-order chi connectivity index (χ1) is 7.65. The third-order valence-corrected chi connectivity index (χ3v) is 2.50. The van der Waals surface area contributed by atoms with E-state index in [2.05, 4.69) is 10.1 Å². The number of nitrogens with zero attached hydrogens (tertiary/aromatic N) is 3. The van der Waals surface area contributed by atoms with Gasteiger partial charge in [-0.1, -0.05) is 13.8 Å². The third-order valence-electron chi connectivity index (χ3n) is 2.50. The molecule has 1 N–H and O–H groups in total. The first kappa shape index (κ1) is 10.6. The van der Waals surface area contributed by atoms with Crippen LogP contribution in [0.15, 0.2) is 12.1 Å². The lowest BCUT2D eigenvalue weighted by molar-refractivity contribution is 0.0690. The summed E-state index contributed by atoms with van der Waals surface area (Å²) in [6, 6.07) is 3.46. The molecule has 0 atom stereocenters. The van der Waals surface area contributed by atoms with E-state index in [1.54, 1.807) is 4.52 Å². The summed E-state index contributed by atoms with van der Waals surface area (Å²) in [6.07, 6.45) is 1.63. The Hall–Kier alpha value is -1.91. The molecule has 2 heterocycles. The van der Waals surface area contributed by atoms with Crippen LogP contribution < -0.4 is 0 Å². The number of fused-ring (bicyclic) bond motifs is 1. The van der Waals surface area contributed by atoms with Crippen LogP contribution in [-0.4, -0.2) is 25.7 Å². The molecule has 0 fully saturated rings. The lowest BCUT2D eigenvalue weighted by Gasteiger charge is -2.03. The van der Waals surface area contributed by atoms with Gasteiger partial charge in [-0.15, -0.1) is 0 Å². The molecule has 0 saturated carbocycles. The summed E-state index contributed by atoms with van der Waals surface area (Å²) in [5, 5.41) is 12.9. The van der Waals surface area contributed by atoms with E-state index in [9.17, 15) is 4.79 Å². The van der Waals surface area contributed by atoms with Gasteiger partial charge in [-0.2, -0.15) is 5.10 Å². The van der Waals surface area contributed by atoms with Gasteiger partial charge in [0.1, 0.15) is 0 Å². The molecule has 0 bridgehead atoms. The fourth-order valence-electron chi connectivity index (χ4n) is 1.63. The van der Waals surface area contributed by atoms with Gasteiger partial charge in [0.2, 0.25) is 0 Å². The number of carboxylic acid groups (broad SMARTS) is 1. The lowest BCUT2D eigenvalue weighted by atomic mass is 10.2. The highest BCUT2D eigenvalue weighted by atomic mass is 16.4. The van der Waals surface area contributed by atoms with Crippen molar-refractivity contribution in [1.29, 1.82) is 0 Å². The summed E-state index contributed by atoms with van der Waals surface area (Å²) in [5.74, 6) is -1.02. The minimum Gasteiger partial charge on any atom is -0.476 e. The summed E-state index contributed by atoms with van der Waals surface area (Å²) in [4.78, 5) is 15.2. The number of rotatable bonds is 3. The number of carboxylic acids is 1. The zero-order valence-electron chi connectivity index (χ0n) is 9.27. The Labute approximate surface area is 92.7 Å². The number of aryl methyl sites for hydroxylation is 2. The van der Waals surface area contributed by atoms with E-state index in [1.807, 2.05) is 19.9 Å². The van der Waals surface area contributed by atoms with E-state index in [0.29, 0.717) is 5.65 Å². The van der Waals surface area contributed by atoms with Gasteiger partial charge in [0, 0.05) is 17.5 Å². The molecule has 0 aliphatic rings. The van der Waals surface area contributed by atoms with Crippen molar-refractivity contribution in [1.82, 2.24) is 14.6 Å². The van der Waals surface area contributed by atoms with Crippen LogP contribution in [-0.2, 0) is 12.8 Å². The standard InChI is InChI=1S/C11H13N3O2/c1-3-7-5-8(4-2)14-10(12-7)6-9(13-14)11(15)16/h5-6H,3-4H2,1-2H3,(H,15,16). The van der Waals surface area contributed by atoms with Gasteiger partial charge in [-0.3, -0.25) is 0 Å². The summed E-state index contributed by atoms with van der Waals surface area (Å²) < 4.78 is 1.60. The van der Waals surface area contributed by atoms with E-state index in [1.165, 1.54) is 6.07 Å². The molecule has 2 aromatic heterocycles. The Balaban J connectivity index is 2.69. The van der Waals surface area contributed by atoms with E-state index >= 15 is 0 Å². The molecule has 5 heteroatoms. The maximum absolute atomic E-state index is 10.8. The van der Waals surface area contributed by atoms with Gasteiger partial charge in [-0.05, 0) is 18.9 Å². The predicted molar refractivity (Wildman–Crippen MR) is 58.7 cm³/mol. The Morgan fingerprint density at radius 3 is 2.69 bits per heavy atom. The number of carbonyl (C=O) groups is 1. The molecule has 0 aliphatic carbocycles. The Morgan fingerprint density at radius 2 is 2.12 bits per heavy atom. The van der Waals surface area contributed by atoms with Crippen LogP contribution in [0.1, 0.15) is 35.7 Å². The highest BCUT2D eigenvalue weighted by Gasteiger charge is 2.12. The van der Waals surface area contributed by atoms with Gasteiger partial charge >= 0.3 is 5.97 Å².